The first-order valence-corrected chi connectivity index (χ1v) is 9.17. The van der Waals surface area contributed by atoms with Crippen molar-refractivity contribution in [3.63, 3.8) is 0 Å². The summed E-state index contributed by atoms with van der Waals surface area (Å²) in [7, 11) is 0. The molecular formula is C19H28N4O. The molecule has 1 aliphatic heterocycles. The Hall–Kier alpha value is -2.04. The van der Waals surface area contributed by atoms with E-state index in [9.17, 15) is 4.79 Å². The first-order chi connectivity index (χ1) is 11.8. The number of rotatable bonds is 7. The van der Waals surface area contributed by atoms with Crippen LogP contribution < -0.4 is 16.0 Å². The minimum absolute atomic E-state index is 0.0799. The van der Waals surface area contributed by atoms with E-state index in [1.807, 2.05) is 18.2 Å². The Bertz CT molecular complexity index is 595. The fraction of sp³-hybridized carbons (Fsp3) is 0.579. The minimum Gasteiger partial charge on any atom is -0.357 e. The molecule has 3 N–H and O–H groups in total. The summed E-state index contributed by atoms with van der Waals surface area (Å²) >= 11 is 0. The molecule has 1 saturated carbocycles. The van der Waals surface area contributed by atoms with Gasteiger partial charge in [-0.15, -0.1) is 0 Å². The van der Waals surface area contributed by atoms with E-state index in [-0.39, 0.29) is 11.8 Å². The summed E-state index contributed by atoms with van der Waals surface area (Å²) in [5.74, 6) is 2.06. The molecule has 0 aromatic heterocycles. The number of carbonyl (C=O) groups is 1. The minimum atomic E-state index is 0.0799. The lowest BCUT2D eigenvalue weighted by Crippen LogP contribution is -2.38. The zero-order valence-corrected chi connectivity index (χ0v) is 14.5. The van der Waals surface area contributed by atoms with Gasteiger partial charge < -0.3 is 16.0 Å². The molecule has 5 heteroatoms. The Kier molecular flexibility index (Phi) is 5.72. The van der Waals surface area contributed by atoms with Crippen molar-refractivity contribution < 1.29 is 4.79 Å². The molecule has 3 rings (SSSR count). The normalized spacial score (nSPS) is 20.3. The van der Waals surface area contributed by atoms with Crippen LogP contribution in [0.25, 0.3) is 0 Å². The van der Waals surface area contributed by atoms with Gasteiger partial charge in [0.1, 0.15) is 0 Å². The molecule has 1 amide bonds. The monoisotopic (exact) mass is 328 g/mol. The van der Waals surface area contributed by atoms with Gasteiger partial charge in [-0.2, -0.15) is 0 Å². The van der Waals surface area contributed by atoms with Crippen molar-refractivity contribution in [2.45, 2.75) is 44.9 Å². The summed E-state index contributed by atoms with van der Waals surface area (Å²) in [4.78, 5) is 16.6. The Morgan fingerprint density at radius 2 is 2.12 bits per heavy atom. The molecular weight excluding hydrogens is 300 g/mol. The van der Waals surface area contributed by atoms with Crippen molar-refractivity contribution in [3.05, 3.63) is 29.8 Å². The quantitative estimate of drug-likeness (QED) is 0.410. The van der Waals surface area contributed by atoms with E-state index in [1.165, 1.54) is 31.2 Å². The molecule has 5 nitrogen and oxygen atoms in total. The lowest BCUT2D eigenvalue weighted by atomic mass is 9.91. The summed E-state index contributed by atoms with van der Waals surface area (Å²) in [5, 5.41) is 9.66. The number of guanidine groups is 1. The average Bonchev–Trinajstić information content (AvgIpc) is 3.40. The van der Waals surface area contributed by atoms with Gasteiger partial charge in [-0.1, -0.05) is 31.0 Å². The van der Waals surface area contributed by atoms with Gasteiger partial charge in [0, 0.05) is 31.1 Å². The number of anilines is 1. The van der Waals surface area contributed by atoms with Crippen LogP contribution in [-0.2, 0) is 4.79 Å². The maximum atomic E-state index is 11.9. The van der Waals surface area contributed by atoms with Crippen molar-refractivity contribution >= 4 is 17.6 Å². The topological polar surface area (TPSA) is 65.5 Å². The molecule has 2 aliphatic rings. The first kappa shape index (κ1) is 16.8. The highest BCUT2D eigenvalue weighted by atomic mass is 16.1. The van der Waals surface area contributed by atoms with Gasteiger partial charge in [0.15, 0.2) is 5.96 Å². The largest absolute Gasteiger partial charge is 0.357 e. The highest BCUT2D eigenvalue weighted by Crippen LogP contribution is 2.33. The van der Waals surface area contributed by atoms with Gasteiger partial charge in [0.05, 0.1) is 6.54 Å². The zero-order valence-electron chi connectivity index (χ0n) is 14.5. The number of nitrogens with one attached hydrogen (secondary N) is 3. The van der Waals surface area contributed by atoms with Crippen molar-refractivity contribution in [1.82, 2.24) is 10.6 Å². The van der Waals surface area contributed by atoms with Crippen LogP contribution in [0.4, 0.5) is 5.69 Å². The third-order valence-electron chi connectivity index (χ3n) is 4.70. The number of aliphatic imine (C=N–C) groups is 1. The Morgan fingerprint density at radius 3 is 2.92 bits per heavy atom. The third kappa shape index (κ3) is 4.73. The molecule has 0 spiro atoms. The number of amides is 1. The van der Waals surface area contributed by atoms with E-state index in [4.69, 9.17) is 4.99 Å². The van der Waals surface area contributed by atoms with Crippen molar-refractivity contribution in [2.75, 3.05) is 25.0 Å². The number of hydrogen-bond donors (Lipinski definition) is 3. The summed E-state index contributed by atoms with van der Waals surface area (Å²) in [6.45, 7) is 4.51. The fourth-order valence-electron chi connectivity index (χ4n) is 3.21. The Balaban J connectivity index is 1.57. The van der Waals surface area contributed by atoms with Crippen LogP contribution in [0.3, 0.4) is 0 Å². The van der Waals surface area contributed by atoms with E-state index in [1.54, 1.807) is 0 Å². The highest BCUT2D eigenvalue weighted by Gasteiger charge is 2.24. The molecule has 1 fully saturated rings. The van der Waals surface area contributed by atoms with E-state index in [0.717, 1.165) is 30.7 Å². The van der Waals surface area contributed by atoms with E-state index >= 15 is 0 Å². The summed E-state index contributed by atoms with van der Waals surface area (Å²) in [6, 6.07) is 8.03. The first-order valence-electron chi connectivity index (χ1n) is 9.17. The van der Waals surface area contributed by atoms with Crippen molar-refractivity contribution in [3.8, 4) is 0 Å². The van der Waals surface area contributed by atoms with Gasteiger partial charge in [0.2, 0.25) is 5.91 Å². The molecule has 0 bridgehead atoms. The van der Waals surface area contributed by atoms with Crippen LogP contribution in [0.2, 0.25) is 0 Å². The molecule has 130 valence electrons. The molecule has 0 saturated heterocycles. The summed E-state index contributed by atoms with van der Waals surface area (Å²) in [6.07, 6.45) is 5.85. The molecule has 1 heterocycles. The highest BCUT2D eigenvalue weighted by molar-refractivity contribution is 5.94. The second-order valence-corrected chi connectivity index (χ2v) is 6.77. The number of benzene rings is 1. The van der Waals surface area contributed by atoms with E-state index in [2.05, 4.69) is 28.9 Å². The fourth-order valence-corrected chi connectivity index (χ4v) is 3.21. The number of fused-ring (bicyclic) bond motifs is 1. The third-order valence-corrected chi connectivity index (χ3v) is 4.70. The van der Waals surface area contributed by atoms with Crippen LogP contribution in [0.15, 0.2) is 29.3 Å². The summed E-state index contributed by atoms with van der Waals surface area (Å²) < 4.78 is 0. The standard InChI is InChI=1S/C19H28N4O/c1-2-20-19(21-11-5-6-14-9-10-14)22-13-15-12-18(24)23-17-8-4-3-7-16(15)17/h3-4,7-8,14-15H,2,5-6,9-13H2,1H3,(H,23,24)(H2,20,21,22). The predicted molar refractivity (Wildman–Crippen MR) is 98.4 cm³/mol. The van der Waals surface area contributed by atoms with Crippen LogP contribution in [-0.4, -0.2) is 31.5 Å². The van der Waals surface area contributed by atoms with E-state index < -0.39 is 0 Å². The molecule has 1 aliphatic carbocycles. The van der Waals surface area contributed by atoms with Gasteiger partial charge in [-0.25, -0.2) is 0 Å². The predicted octanol–water partition coefficient (Wildman–Crippen LogP) is 2.86. The zero-order chi connectivity index (χ0) is 16.8. The van der Waals surface area contributed by atoms with Crippen molar-refractivity contribution in [2.24, 2.45) is 10.9 Å². The smallest absolute Gasteiger partial charge is 0.225 e. The molecule has 1 atom stereocenters. The SMILES string of the molecule is CCNC(=NCC1CC(=O)Nc2ccccc21)NCCCC1CC1. The van der Waals surface area contributed by atoms with Gasteiger partial charge >= 0.3 is 0 Å². The molecule has 1 aromatic rings. The van der Waals surface area contributed by atoms with E-state index in [0.29, 0.717) is 13.0 Å². The summed E-state index contributed by atoms with van der Waals surface area (Å²) in [5.41, 5.74) is 2.11. The second kappa shape index (κ2) is 8.18. The van der Waals surface area contributed by atoms with Crippen LogP contribution in [0.5, 0.6) is 0 Å². The molecule has 1 unspecified atom stereocenters. The maximum absolute atomic E-state index is 11.9. The number of para-hydroxylation sites is 1. The molecule has 0 radical (unpaired) electrons. The van der Waals surface area contributed by atoms with Crippen molar-refractivity contribution in [1.29, 1.82) is 0 Å². The lowest BCUT2D eigenvalue weighted by molar-refractivity contribution is -0.116. The van der Waals surface area contributed by atoms with Gasteiger partial charge in [-0.05, 0) is 37.3 Å². The number of carbonyl (C=O) groups excluding carboxylic acids is 1. The molecule has 24 heavy (non-hydrogen) atoms. The maximum Gasteiger partial charge on any atom is 0.225 e. The molecule has 1 aromatic carbocycles. The lowest BCUT2D eigenvalue weighted by Gasteiger charge is -2.24. The number of nitrogens with zero attached hydrogens (tertiary/aromatic N) is 1. The Labute approximate surface area is 144 Å². The van der Waals surface area contributed by atoms with Crippen LogP contribution in [0, 0.1) is 5.92 Å². The van der Waals surface area contributed by atoms with Gasteiger partial charge in [0.25, 0.3) is 0 Å². The Morgan fingerprint density at radius 1 is 1.29 bits per heavy atom. The average molecular weight is 328 g/mol. The second-order valence-electron chi connectivity index (χ2n) is 6.77. The van der Waals surface area contributed by atoms with Crippen LogP contribution >= 0.6 is 0 Å². The van der Waals surface area contributed by atoms with Gasteiger partial charge in [-0.3, -0.25) is 9.79 Å². The number of hydrogen-bond acceptors (Lipinski definition) is 2. The van der Waals surface area contributed by atoms with Crippen LogP contribution in [0.1, 0.15) is 50.5 Å².